The van der Waals surface area contributed by atoms with E-state index in [1.807, 2.05) is 30.3 Å². The molecule has 0 saturated heterocycles. The summed E-state index contributed by atoms with van der Waals surface area (Å²) in [5.74, 6) is 0.790. The van der Waals surface area contributed by atoms with Crippen molar-refractivity contribution in [3.05, 3.63) is 53.6 Å². The molecule has 0 spiro atoms. The Hall–Kier alpha value is -2.33. The Morgan fingerprint density at radius 2 is 1.95 bits per heavy atom. The summed E-state index contributed by atoms with van der Waals surface area (Å²) in [7, 11) is 1.66. The number of rotatable bonds is 3. The predicted molar refractivity (Wildman–Crippen MR) is 90.9 cm³/mol. The van der Waals surface area contributed by atoms with Crippen LogP contribution in [-0.4, -0.2) is 17.1 Å². The molecular weight excluding hydrogens is 280 g/mol. The Balaban J connectivity index is 2.37. The topological polar surface area (TPSA) is 51.0 Å². The van der Waals surface area contributed by atoms with Crippen molar-refractivity contribution in [1.29, 1.82) is 0 Å². The lowest BCUT2D eigenvalue weighted by Crippen LogP contribution is -2.10. The average molecular weight is 296 g/mol. The van der Waals surface area contributed by atoms with E-state index in [1.54, 1.807) is 7.11 Å². The Kier molecular flexibility index (Phi) is 3.39. The number of H-pyrrole nitrogens is 1. The van der Waals surface area contributed by atoms with Crippen LogP contribution in [0.15, 0.2) is 42.5 Å². The van der Waals surface area contributed by atoms with E-state index in [2.05, 4.69) is 24.0 Å². The van der Waals surface area contributed by atoms with E-state index < -0.39 is 0 Å². The standard InChI is InChI=1S/C17H16N2OS/c1-10-7-8-13-12(9-10)15(17(18)21)16(19-13)11-5-3-4-6-14(11)20-2/h3-9,19H,1-2H3,(H2,18,21). The fourth-order valence-corrected chi connectivity index (χ4v) is 2.83. The van der Waals surface area contributed by atoms with Crippen LogP contribution in [0.2, 0.25) is 0 Å². The van der Waals surface area contributed by atoms with E-state index in [4.69, 9.17) is 22.7 Å². The normalized spacial score (nSPS) is 10.8. The molecule has 0 atom stereocenters. The SMILES string of the molecule is COc1ccccc1-c1[nH]c2ccc(C)cc2c1C(N)=S. The highest BCUT2D eigenvalue weighted by molar-refractivity contribution is 7.80. The van der Waals surface area contributed by atoms with Crippen molar-refractivity contribution in [3.63, 3.8) is 0 Å². The number of aromatic nitrogens is 1. The molecule has 1 aromatic heterocycles. The van der Waals surface area contributed by atoms with Crippen LogP contribution in [0.3, 0.4) is 0 Å². The highest BCUT2D eigenvalue weighted by Gasteiger charge is 2.17. The largest absolute Gasteiger partial charge is 0.496 e. The van der Waals surface area contributed by atoms with Gasteiger partial charge in [-0.15, -0.1) is 0 Å². The van der Waals surface area contributed by atoms with Crippen molar-refractivity contribution in [2.75, 3.05) is 7.11 Å². The van der Waals surface area contributed by atoms with Gasteiger partial charge in [-0.05, 0) is 31.2 Å². The van der Waals surface area contributed by atoms with Gasteiger partial charge in [0.1, 0.15) is 10.7 Å². The third-order valence-electron chi connectivity index (χ3n) is 3.58. The number of nitrogens with one attached hydrogen (secondary N) is 1. The summed E-state index contributed by atoms with van der Waals surface area (Å²) in [6, 6.07) is 14.0. The number of aryl methyl sites for hydroxylation is 1. The molecule has 3 rings (SSSR count). The first kappa shape index (κ1) is 13.6. The lowest BCUT2D eigenvalue weighted by molar-refractivity contribution is 0.416. The molecule has 2 aromatic carbocycles. The van der Waals surface area contributed by atoms with Crippen molar-refractivity contribution < 1.29 is 4.74 Å². The van der Waals surface area contributed by atoms with E-state index >= 15 is 0 Å². The van der Waals surface area contributed by atoms with Gasteiger partial charge < -0.3 is 15.5 Å². The third kappa shape index (κ3) is 2.28. The maximum Gasteiger partial charge on any atom is 0.128 e. The van der Waals surface area contributed by atoms with E-state index in [1.165, 1.54) is 5.56 Å². The first-order valence-corrected chi connectivity index (χ1v) is 7.08. The highest BCUT2D eigenvalue weighted by atomic mass is 32.1. The third-order valence-corrected chi connectivity index (χ3v) is 3.78. The number of fused-ring (bicyclic) bond motifs is 1. The first-order chi connectivity index (χ1) is 10.1. The van der Waals surface area contributed by atoms with Gasteiger partial charge in [0.15, 0.2) is 0 Å². The van der Waals surface area contributed by atoms with Gasteiger partial charge in [0.2, 0.25) is 0 Å². The molecule has 3 N–H and O–H groups in total. The predicted octanol–water partition coefficient (Wildman–Crippen LogP) is 3.79. The molecule has 0 saturated carbocycles. The fourth-order valence-electron chi connectivity index (χ4n) is 2.61. The van der Waals surface area contributed by atoms with Crippen LogP contribution in [0.5, 0.6) is 5.75 Å². The zero-order valence-electron chi connectivity index (χ0n) is 11.9. The molecular formula is C17H16N2OS. The minimum absolute atomic E-state index is 0.382. The molecule has 106 valence electrons. The first-order valence-electron chi connectivity index (χ1n) is 6.67. The Bertz CT molecular complexity index is 836. The second kappa shape index (κ2) is 5.22. The number of aromatic amines is 1. The van der Waals surface area contributed by atoms with Gasteiger partial charge in [0.05, 0.1) is 12.8 Å². The quantitative estimate of drug-likeness (QED) is 0.723. The summed E-state index contributed by atoms with van der Waals surface area (Å²) in [6.07, 6.45) is 0. The van der Waals surface area contributed by atoms with Gasteiger partial charge in [0.25, 0.3) is 0 Å². The minimum atomic E-state index is 0.382. The van der Waals surface area contributed by atoms with Crippen LogP contribution in [-0.2, 0) is 0 Å². The van der Waals surface area contributed by atoms with E-state index in [-0.39, 0.29) is 0 Å². The zero-order chi connectivity index (χ0) is 15.0. The summed E-state index contributed by atoms with van der Waals surface area (Å²) in [6.45, 7) is 2.05. The second-order valence-electron chi connectivity index (χ2n) is 4.99. The van der Waals surface area contributed by atoms with Gasteiger partial charge in [-0.2, -0.15) is 0 Å². The molecule has 0 fully saturated rings. The summed E-state index contributed by atoms with van der Waals surface area (Å²) in [5.41, 5.74) is 10.9. The van der Waals surface area contributed by atoms with Crippen molar-refractivity contribution in [3.8, 4) is 17.0 Å². The molecule has 0 bridgehead atoms. The number of ether oxygens (including phenoxy) is 1. The average Bonchev–Trinajstić information content (AvgIpc) is 2.85. The fraction of sp³-hybridized carbons (Fsp3) is 0.118. The maximum absolute atomic E-state index is 5.97. The lowest BCUT2D eigenvalue weighted by atomic mass is 10.0. The van der Waals surface area contributed by atoms with Crippen molar-refractivity contribution in [2.45, 2.75) is 6.92 Å². The van der Waals surface area contributed by atoms with Crippen LogP contribution in [0.4, 0.5) is 0 Å². The van der Waals surface area contributed by atoms with Gasteiger partial charge >= 0.3 is 0 Å². The Morgan fingerprint density at radius 3 is 2.67 bits per heavy atom. The summed E-state index contributed by atoms with van der Waals surface area (Å²) in [5, 5.41) is 1.04. The number of hydrogen-bond acceptors (Lipinski definition) is 2. The smallest absolute Gasteiger partial charge is 0.128 e. The minimum Gasteiger partial charge on any atom is -0.496 e. The van der Waals surface area contributed by atoms with Gasteiger partial charge in [-0.25, -0.2) is 0 Å². The number of hydrogen-bond donors (Lipinski definition) is 2. The zero-order valence-corrected chi connectivity index (χ0v) is 12.8. The summed E-state index contributed by atoms with van der Waals surface area (Å²) in [4.78, 5) is 3.80. The Labute approximate surface area is 128 Å². The molecule has 0 aliphatic rings. The molecule has 21 heavy (non-hydrogen) atoms. The monoisotopic (exact) mass is 296 g/mol. The number of benzene rings is 2. The highest BCUT2D eigenvalue weighted by Crippen LogP contribution is 2.35. The number of methoxy groups -OCH3 is 1. The number of nitrogens with two attached hydrogens (primary N) is 1. The van der Waals surface area contributed by atoms with Crippen molar-refractivity contribution in [1.82, 2.24) is 4.98 Å². The van der Waals surface area contributed by atoms with Crippen LogP contribution >= 0.6 is 12.2 Å². The lowest BCUT2D eigenvalue weighted by Gasteiger charge is -2.08. The van der Waals surface area contributed by atoms with Crippen LogP contribution in [0.25, 0.3) is 22.2 Å². The molecule has 0 radical (unpaired) electrons. The van der Waals surface area contributed by atoms with Crippen LogP contribution < -0.4 is 10.5 Å². The van der Waals surface area contributed by atoms with Crippen molar-refractivity contribution >= 4 is 28.1 Å². The molecule has 1 heterocycles. The van der Waals surface area contributed by atoms with Gasteiger partial charge in [-0.3, -0.25) is 0 Å². The molecule has 0 unspecified atom stereocenters. The van der Waals surface area contributed by atoms with Crippen LogP contribution in [0, 0.1) is 6.92 Å². The second-order valence-corrected chi connectivity index (χ2v) is 5.43. The van der Waals surface area contributed by atoms with E-state index in [0.29, 0.717) is 4.99 Å². The molecule has 3 nitrogen and oxygen atoms in total. The summed E-state index contributed by atoms with van der Waals surface area (Å²) >= 11 is 5.27. The molecule has 4 heteroatoms. The molecule has 3 aromatic rings. The van der Waals surface area contributed by atoms with Gasteiger partial charge in [0, 0.05) is 22.0 Å². The van der Waals surface area contributed by atoms with E-state index in [0.717, 1.165) is 33.5 Å². The molecule has 0 aliphatic carbocycles. The van der Waals surface area contributed by atoms with Gasteiger partial charge in [-0.1, -0.05) is 36.0 Å². The maximum atomic E-state index is 5.97. The van der Waals surface area contributed by atoms with Crippen molar-refractivity contribution in [2.24, 2.45) is 5.73 Å². The Morgan fingerprint density at radius 1 is 1.19 bits per heavy atom. The van der Waals surface area contributed by atoms with E-state index in [9.17, 15) is 0 Å². The number of thiocarbonyl (C=S) groups is 1. The number of para-hydroxylation sites is 1. The summed E-state index contributed by atoms with van der Waals surface area (Å²) < 4.78 is 5.45. The molecule has 0 amide bonds. The van der Waals surface area contributed by atoms with Crippen LogP contribution in [0.1, 0.15) is 11.1 Å². The molecule has 0 aliphatic heterocycles.